The van der Waals surface area contributed by atoms with Crippen LogP contribution in [0.15, 0.2) is 0 Å². The van der Waals surface area contributed by atoms with Gasteiger partial charge in [-0.05, 0) is 24.7 Å². The monoisotopic (exact) mass is 267 g/mol. The van der Waals surface area contributed by atoms with E-state index in [0.717, 1.165) is 12.8 Å². The summed E-state index contributed by atoms with van der Waals surface area (Å²) in [6.07, 6.45) is 1.99. The fraction of sp³-hybridized carbons (Fsp3) is 0.786. The Morgan fingerprint density at radius 2 is 1.74 bits per heavy atom. The lowest BCUT2D eigenvalue weighted by Crippen LogP contribution is -2.56. The fourth-order valence-electron chi connectivity index (χ4n) is 3.19. The number of hydrogen-bond acceptors (Lipinski definition) is 3. The molecule has 2 aliphatic rings. The van der Waals surface area contributed by atoms with Crippen LogP contribution in [0.2, 0.25) is 0 Å². The van der Waals surface area contributed by atoms with Gasteiger partial charge in [0.25, 0.3) is 0 Å². The Bertz CT molecular complexity index is 402. The highest BCUT2D eigenvalue weighted by atomic mass is 16.4. The molecule has 2 fully saturated rings. The van der Waals surface area contributed by atoms with Crippen molar-refractivity contribution in [1.29, 1.82) is 0 Å². The van der Waals surface area contributed by atoms with E-state index in [2.05, 4.69) is 0 Å². The van der Waals surface area contributed by atoms with Crippen molar-refractivity contribution in [3.05, 3.63) is 0 Å². The molecule has 106 valence electrons. The second-order valence-electron chi connectivity index (χ2n) is 6.73. The summed E-state index contributed by atoms with van der Waals surface area (Å²) in [4.78, 5) is 37.1. The van der Waals surface area contributed by atoms with Gasteiger partial charge in [0.05, 0.1) is 12.5 Å². The molecule has 0 spiro atoms. The molecule has 1 aliphatic heterocycles. The summed E-state index contributed by atoms with van der Waals surface area (Å²) < 4.78 is 0. The van der Waals surface area contributed by atoms with Crippen LogP contribution in [-0.4, -0.2) is 33.8 Å². The maximum absolute atomic E-state index is 12.4. The maximum Gasteiger partial charge on any atom is 0.305 e. The van der Waals surface area contributed by atoms with E-state index in [1.807, 2.05) is 20.8 Å². The summed E-state index contributed by atoms with van der Waals surface area (Å²) in [6, 6.07) is -0.562. The number of piperidine rings is 1. The SMILES string of the molecule is CC(C)(C)C(CC(=O)O)N1C(=O)C2CCC(C2)C1=O. The number of rotatable bonds is 3. The van der Waals surface area contributed by atoms with E-state index in [-0.39, 0.29) is 30.1 Å². The smallest absolute Gasteiger partial charge is 0.305 e. The molecule has 1 heterocycles. The number of amides is 2. The van der Waals surface area contributed by atoms with E-state index < -0.39 is 17.4 Å². The zero-order valence-electron chi connectivity index (χ0n) is 11.7. The van der Waals surface area contributed by atoms with Crippen molar-refractivity contribution in [3.8, 4) is 0 Å². The van der Waals surface area contributed by atoms with Crippen LogP contribution in [0.1, 0.15) is 46.5 Å². The Balaban J connectivity index is 2.32. The van der Waals surface area contributed by atoms with E-state index in [4.69, 9.17) is 5.11 Å². The van der Waals surface area contributed by atoms with Gasteiger partial charge < -0.3 is 5.11 Å². The van der Waals surface area contributed by atoms with Crippen molar-refractivity contribution >= 4 is 17.8 Å². The Labute approximate surface area is 113 Å². The van der Waals surface area contributed by atoms with E-state index >= 15 is 0 Å². The van der Waals surface area contributed by atoms with Crippen molar-refractivity contribution < 1.29 is 19.5 Å². The first kappa shape index (κ1) is 14.0. The van der Waals surface area contributed by atoms with Gasteiger partial charge in [0, 0.05) is 11.8 Å². The molecule has 1 saturated heterocycles. The van der Waals surface area contributed by atoms with Gasteiger partial charge in [-0.15, -0.1) is 0 Å². The van der Waals surface area contributed by atoms with E-state index in [0.29, 0.717) is 6.42 Å². The molecule has 5 nitrogen and oxygen atoms in total. The highest BCUT2D eigenvalue weighted by molar-refractivity contribution is 6.01. The van der Waals surface area contributed by atoms with Crippen LogP contribution < -0.4 is 0 Å². The van der Waals surface area contributed by atoms with E-state index in [9.17, 15) is 14.4 Å². The van der Waals surface area contributed by atoms with Crippen molar-refractivity contribution in [3.63, 3.8) is 0 Å². The Kier molecular flexibility index (Phi) is 3.41. The second kappa shape index (κ2) is 4.62. The molecule has 0 radical (unpaired) electrons. The molecule has 1 N–H and O–H groups in total. The lowest BCUT2D eigenvalue weighted by atomic mass is 9.81. The van der Waals surface area contributed by atoms with Gasteiger partial charge in [0.1, 0.15) is 0 Å². The summed E-state index contributed by atoms with van der Waals surface area (Å²) in [5.74, 6) is -1.47. The van der Waals surface area contributed by atoms with Gasteiger partial charge >= 0.3 is 5.97 Å². The van der Waals surface area contributed by atoms with Crippen molar-refractivity contribution in [2.24, 2.45) is 17.3 Å². The lowest BCUT2D eigenvalue weighted by Gasteiger charge is -2.41. The second-order valence-corrected chi connectivity index (χ2v) is 6.73. The first-order chi connectivity index (χ1) is 8.71. The van der Waals surface area contributed by atoms with E-state index in [1.165, 1.54) is 4.90 Å². The molecular weight excluding hydrogens is 246 g/mol. The van der Waals surface area contributed by atoms with Gasteiger partial charge in [-0.25, -0.2) is 0 Å². The molecule has 5 heteroatoms. The number of carbonyl (C=O) groups excluding carboxylic acids is 2. The van der Waals surface area contributed by atoms with Gasteiger partial charge in [0.2, 0.25) is 11.8 Å². The number of likely N-dealkylation sites (tertiary alicyclic amines) is 1. The van der Waals surface area contributed by atoms with Crippen LogP contribution in [0, 0.1) is 17.3 Å². The molecule has 2 rings (SSSR count). The van der Waals surface area contributed by atoms with Gasteiger partial charge in [-0.3, -0.25) is 19.3 Å². The molecule has 1 aliphatic carbocycles. The minimum atomic E-state index is -0.974. The quantitative estimate of drug-likeness (QED) is 0.789. The summed E-state index contributed by atoms with van der Waals surface area (Å²) >= 11 is 0. The summed E-state index contributed by atoms with van der Waals surface area (Å²) in [5, 5.41) is 9.05. The minimum absolute atomic E-state index is 0.0821. The highest BCUT2D eigenvalue weighted by Crippen LogP contribution is 2.41. The topological polar surface area (TPSA) is 74.7 Å². The Morgan fingerprint density at radius 3 is 2.11 bits per heavy atom. The third kappa shape index (κ3) is 2.51. The Morgan fingerprint density at radius 1 is 1.26 bits per heavy atom. The van der Waals surface area contributed by atoms with Gasteiger partial charge in [-0.2, -0.15) is 0 Å². The predicted molar refractivity (Wildman–Crippen MR) is 68.2 cm³/mol. The van der Waals surface area contributed by atoms with E-state index in [1.54, 1.807) is 0 Å². The van der Waals surface area contributed by atoms with Crippen molar-refractivity contribution in [2.75, 3.05) is 0 Å². The molecule has 3 atom stereocenters. The number of fused-ring (bicyclic) bond motifs is 2. The molecule has 0 aromatic carbocycles. The zero-order chi connectivity index (χ0) is 14.4. The Hall–Kier alpha value is -1.39. The normalized spacial score (nSPS) is 28.7. The van der Waals surface area contributed by atoms with Crippen molar-refractivity contribution in [2.45, 2.75) is 52.5 Å². The summed E-state index contributed by atoms with van der Waals surface area (Å²) in [6.45, 7) is 5.62. The number of carboxylic acids is 1. The molecule has 1 saturated carbocycles. The molecule has 2 bridgehead atoms. The molecule has 0 aromatic rings. The molecule has 3 unspecified atom stereocenters. The maximum atomic E-state index is 12.4. The average molecular weight is 267 g/mol. The number of hydrogen-bond donors (Lipinski definition) is 1. The summed E-state index contributed by atoms with van der Waals surface area (Å²) in [5.41, 5.74) is -0.430. The number of nitrogens with zero attached hydrogens (tertiary/aromatic N) is 1. The zero-order valence-corrected chi connectivity index (χ0v) is 11.7. The number of carbonyl (C=O) groups is 3. The molecule has 19 heavy (non-hydrogen) atoms. The van der Waals surface area contributed by atoms with Crippen LogP contribution in [0.3, 0.4) is 0 Å². The third-order valence-electron chi connectivity index (χ3n) is 4.29. The first-order valence-electron chi connectivity index (χ1n) is 6.80. The summed E-state index contributed by atoms with van der Waals surface area (Å²) in [7, 11) is 0. The first-order valence-corrected chi connectivity index (χ1v) is 6.80. The van der Waals surface area contributed by atoms with Crippen LogP contribution in [0.5, 0.6) is 0 Å². The highest BCUT2D eigenvalue weighted by Gasteiger charge is 2.50. The third-order valence-corrected chi connectivity index (χ3v) is 4.29. The average Bonchev–Trinajstić information content (AvgIpc) is 2.70. The number of aliphatic carboxylic acids is 1. The van der Waals surface area contributed by atoms with Crippen molar-refractivity contribution in [1.82, 2.24) is 4.90 Å². The van der Waals surface area contributed by atoms with Crippen LogP contribution in [-0.2, 0) is 14.4 Å². The fourth-order valence-corrected chi connectivity index (χ4v) is 3.19. The minimum Gasteiger partial charge on any atom is -0.481 e. The van der Waals surface area contributed by atoms with Gasteiger partial charge in [-0.1, -0.05) is 20.8 Å². The number of imide groups is 1. The molecular formula is C14H21NO4. The number of carboxylic acid groups (broad SMARTS) is 1. The standard InChI is InChI=1S/C14H21NO4/c1-14(2,3)10(7-11(16)17)15-12(18)8-4-5-9(6-8)13(15)19/h8-10H,4-7H2,1-3H3,(H,16,17). The predicted octanol–water partition coefficient (Wildman–Crippen LogP) is 1.66. The largest absolute Gasteiger partial charge is 0.481 e. The lowest BCUT2D eigenvalue weighted by molar-refractivity contribution is -0.160. The van der Waals surface area contributed by atoms with Gasteiger partial charge in [0.15, 0.2) is 0 Å². The molecule has 2 amide bonds. The van der Waals surface area contributed by atoms with Crippen LogP contribution in [0.4, 0.5) is 0 Å². The van der Waals surface area contributed by atoms with Crippen LogP contribution >= 0.6 is 0 Å². The van der Waals surface area contributed by atoms with Crippen LogP contribution in [0.25, 0.3) is 0 Å². The molecule has 0 aromatic heterocycles.